The second kappa shape index (κ2) is 6.09. The fourth-order valence-corrected chi connectivity index (χ4v) is 5.84. The van der Waals surface area contributed by atoms with Crippen LogP contribution in [0.2, 0.25) is 0 Å². The summed E-state index contributed by atoms with van der Waals surface area (Å²) in [7, 11) is 2.05. The van der Waals surface area contributed by atoms with E-state index in [1.807, 2.05) is 7.05 Å². The Labute approximate surface area is 147 Å². The summed E-state index contributed by atoms with van der Waals surface area (Å²) in [6.07, 6.45) is 7.72. The molecule has 0 spiro atoms. The largest absolute Gasteiger partial charge is 0.319 e. The molecule has 4 fully saturated rings. The highest BCUT2D eigenvalue weighted by Crippen LogP contribution is 2.57. The molecule has 0 saturated heterocycles. The molecule has 4 aliphatic rings. The van der Waals surface area contributed by atoms with Crippen LogP contribution in [0, 0.1) is 27.9 Å². The first-order valence-corrected chi connectivity index (χ1v) is 9.20. The van der Waals surface area contributed by atoms with Crippen LogP contribution in [0.4, 0.5) is 11.4 Å². The number of hydrogen-bond acceptors (Lipinski definition) is 4. The highest BCUT2D eigenvalue weighted by atomic mass is 16.6. The number of nitro groups is 1. The molecule has 1 N–H and O–H groups in total. The van der Waals surface area contributed by atoms with Gasteiger partial charge in [0.05, 0.1) is 11.5 Å². The first-order valence-electron chi connectivity index (χ1n) is 9.20. The summed E-state index contributed by atoms with van der Waals surface area (Å²) in [5.74, 6) is 2.30. The van der Waals surface area contributed by atoms with E-state index >= 15 is 0 Å². The minimum absolute atomic E-state index is 0.0618. The maximum atomic E-state index is 12.5. The summed E-state index contributed by atoms with van der Waals surface area (Å²) in [6, 6.07) is 6.31. The van der Waals surface area contributed by atoms with Crippen molar-refractivity contribution < 1.29 is 9.72 Å². The van der Waals surface area contributed by atoms with Crippen molar-refractivity contribution >= 4 is 17.3 Å². The summed E-state index contributed by atoms with van der Waals surface area (Å²) in [4.78, 5) is 25.4. The van der Waals surface area contributed by atoms with E-state index in [1.54, 1.807) is 18.2 Å². The van der Waals surface area contributed by atoms with Crippen LogP contribution in [0.1, 0.15) is 38.5 Å². The Kier molecular flexibility index (Phi) is 4.02. The van der Waals surface area contributed by atoms with Crippen molar-refractivity contribution in [3.8, 4) is 0 Å². The Balaban J connectivity index is 1.44. The van der Waals surface area contributed by atoms with E-state index in [4.69, 9.17) is 0 Å². The van der Waals surface area contributed by atoms with Crippen LogP contribution in [0.5, 0.6) is 0 Å². The standard InChI is InChI=1S/C19H25N3O3/c1-21(19-9-13-6-14(10-19)8-15(7-13)11-19)12-18(23)20-16-4-2-3-5-17(16)22(24)25/h2-5,13-15H,6-12H2,1H3,(H,20,23). The van der Waals surface area contributed by atoms with Gasteiger partial charge in [-0.15, -0.1) is 0 Å². The lowest BCUT2D eigenvalue weighted by atomic mass is 9.52. The number of nitrogens with one attached hydrogen (secondary N) is 1. The number of nitrogens with zero attached hydrogens (tertiary/aromatic N) is 2. The molecule has 4 saturated carbocycles. The highest BCUT2D eigenvalue weighted by Gasteiger charge is 2.52. The van der Waals surface area contributed by atoms with Gasteiger partial charge in [0.15, 0.2) is 0 Å². The third kappa shape index (κ3) is 3.03. The average Bonchev–Trinajstić information content (AvgIpc) is 2.53. The van der Waals surface area contributed by atoms with Crippen molar-refractivity contribution in [2.75, 3.05) is 18.9 Å². The zero-order chi connectivity index (χ0) is 17.6. The molecule has 0 aromatic heterocycles. The molecule has 4 bridgehead atoms. The monoisotopic (exact) mass is 343 g/mol. The minimum atomic E-state index is -0.460. The Morgan fingerprint density at radius 3 is 2.32 bits per heavy atom. The molecule has 0 radical (unpaired) electrons. The van der Waals surface area contributed by atoms with Crippen molar-refractivity contribution in [2.24, 2.45) is 17.8 Å². The molecule has 6 heteroatoms. The van der Waals surface area contributed by atoms with Gasteiger partial charge in [0.1, 0.15) is 5.69 Å². The molecule has 5 rings (SSSR count). The molecule has 1 aromatic rings. The van der Waals surface area contributed by atoms with Crippen molar-refractivity contribution in [2.45, 2.75) is 44.1 Å². The summed E-state index contributed by atoms with van der Waals surface area (Å²) >= 11 is 0. The summed E-state index contributed by atoms with van der Waals surface area (Å²) in [5, 5.41) is 13.8. The highest BCUT2D eigenvalue weighted by molar-refractivity contribution is 5.94. The zero-order valence-corrected chi connectivity index (χ0v) is 14.6. The lowest BCUT2D eigenvalue weighted by Crippen LogP contribution is -2.59. The molecular weight excluding hydrogens is 318 g/mol. The number of nitro benzene ring substituents is 1. The van der Waals surface area contributed by atoms with Crippen LogP contribution >= 0.6 is 0 Å². The van der Waals surface area contributed by atoms with Crippen molar-refractivity contribution in [3.05, 3.63) is 34.4 Å². The second-order valence-corrected chi connectivity index (χ2v) is 8.32. The molecule has 0 aliphatic heterocycles. The molecule has 4 aliphatic carbocycles. The molecule has 0 atom stereocenters. The van der Waals surface area contributed by atoms with E-state index in [0.29, 0.717) is 0 Å². The summed E-state index contributed by atoms with van der Waals surface area (Å²) in [6.45, 7) is 0.290. The van der Waals surface area contributed by atoms with Gasteiger partial charge in [-0.2, -0.15) is 0 Å². The van der Waals surface area contributed by atoms with Gasteiger partial charge in [0.25, 0.3) is 5.69 Å². The average molecular weight is 343 g/mol. The Bertz CT molecular complexity index is 668. The van der Waals surface area contributed by atoms with Gasteiger partial charge < -0.3 is 5.32 Å². The van der Waals surface area contributed by atoms with E-state index < -0.39 is 4.92 Å². The van der Waals surface area contributed by atoms with Crippen LogP contribution in [0.3, 0.4) is 0 Å². The van der Waals surface area contributed by atoms with Gasteiger partial charge in [0.2, 0.25) is 5.91 Å². The molecular formula is C19H25N3O3. The minimum Gasteiger partial charge on any atom is -0.319 e. The number of hydrogen-bond donors (Lipinski definition) is 1. The lowest BCUT2D eigenvalue weighted by molar-refractivity contribution is -0.383. The predicted octanol–water partition coefficient (Wildman–Crippen LogP) is 3.43. The fourth-order valence-electron chi connectivity index (χ4n) is 5.84. The Morgan fingerprint density at radius 1 is 1.20 bits per heavy atom. The Hall–Kier alpha value is -1.95. The lowest BCUT2D eigenvalue weighted by Gasteiger charge is -2.59. The van der Waals surface area contributed by atoms with Crippen molar-refractivity contribution in [1.29, 1.82) is 0 Å². The van der Waals surface area contributed by atoms with Crippen molar-refractivity contribution in [1.82, 2.24) is 4.90 Å². The molecule has 134 valence electrons. The smallest absolute Gasteiger partial charge is 0.292 e. The summed E-state index contributed by atoms with van der Waals surface area (Å²) in [5.41, 5.74) is 0.374. The van der Waals surface area contributed by atoms with Crippen molar-refractivity contribution in [3.63, 3.8) is 0 Å². The number of likely N-dealkylation sites (N-methyl/N-ethyl adjacent to an activating group) is 1. The number of carbonyl (C=O) groups excluding carboxylic acids is 1. The fraction of sp³-hybridized carbons (Fsp3) is 0.632. The van der Waals surface area contributed by atoms with Gasteiger partial charge >= 0.3 is 0 Å². The van der Waals surface area contributed by atoms with Gasteiger partial charge in [-0.25, -0.2) is 0 Å². The maximum absolute atomic E-state index is 12.5. The van der Waals surface area contributed by atoms with E-state index in [-0.39, 0.29) is 29.4 Å². The van der Waals surface area contributed by atoms with Crippen LogP contribution in [-0.2, 0) is 4.79 Å². The number of carbonyl (C=O) groups is 1. The van der Waals surface area contributed by atoms with Crippen LogP contribution in [-0.4, -0.2) is 34.9 Å². The summed E-state index contributed by atoms with van der Waals surface area (Å²) < 4.78 is 0. The topological polar surface area (TPSA) is 75.5 Å². The van der Waals surface area contributed by atoms with Gasteiger partial charge in [0, 0.05) is 11.6 Å². The number of benzene rings is 1. The molecule has 0 unspecified atom stereocenters. The second-order valence-electron chi connectivity index (χ2n) is 8.32. The Morgan fingerprint density at radius 2 is 1.76 bits per heavy atom. The third-order valence-electron chi connectivity index (χ3n) is 6.57. The molecule has 6 nitrogen and oxygen atoms in total. The third-order valence-corrected chi connectivity index (χ3v) is 6.57. The first kappa shape index (κ1) is 16.5. The van der Waals surface area contributed by atoms with Crippen LogP contribution in [0.15, 0.2) is 24.3 Å². The van der Waals surface area contributed by atoms with Gasteiger partial charge in [-0.05, 0) is 69.4 Å². The number of anilines is 1. The predicted molar refractivity (Wildman–Crippen MR) is 95.3 cm³/mol. The number of amides is 1. The first-order chi connectivity index (χ1) is 11.9. The van der Waals surface area contributed by atoms with Gasteiger partial charge in [-0.3, -0.25) is 19.8 Å². The van der Waals surface area contributed by atoms with Crippen LogP contribution in [0.25, 0.3) is 0 Å². The van der Waals surface area contributed by atoms with Gasteiger partial charge in [-0.1, -0.05) is 12.1 Å². The SMILES string of the molecule is CN(CC(=O)Nc1ccccc1[N+](=O)[O-])C12CC3CC(CC(C3)C1)C2. The van der Waals surface area contributed by atoms with E-state index in [9.17, 15) is 14.9 Å². The molecule has 0 heterocycles. The van der Waals surface area contributed by atoms with E-state index in [1.165, 1.54) is 44.6 Å². The molecule has 25 heavy (non-hydrogen) atoms. The molecule has 1 aromatic carbocycles. The van der Waals surface area contributed by atoms with E-state index in [2.05, 4.69) is 10.2 Å². The molecule has 1 amide bonds. The number of para-hydroxylation sites is 2. The maximum Gasteiger partial charge on any atom is 0.292 e. The van der Waals surface area contributed by atoms with Crippen LogP contribution < -0.4 is 5.32 Å². The normalized spacial score (nSPS) is 32.8. The zero-order valence-electron chi connectivity index (χ0n) is 14.6. The number of rotatable bonds is 5. The quantitative estimate of drug-likeness (QED) is 0.656. The van der Waals surface area contributed by atoms with E-state index in [0.717, 1.165) is 17.8 Å².